The summed E-state index contributed by atoms with van der Waals surface area (Å²) in [4.78, 5) is 11.6. The Labute approximate surface area is 115 Å². The van der Waals surface area contributed by atoms with Crippen LogP contribution in [0.1, 0.15) is 25.7 Å². The lowest BCUT2D eigenvalue weighted by Gasteiger charge is -2.30. The largest absolute Gasteiger partial charge is 0.412 e. The zero-order chi connectivity index (χ0) is 14.6. The highest BCUT2D eigenvalue weighted by Gasteiger charge is 2.42. The van der Waals surface area contributed by atoms with Crippen molar-refractivity contribution < 1.29 is 22.7 Å². The van der Waals surface area contributed by atoms with Crippen molar-refractivity contribution in [3.8, 4) is 5.75 Å². The number of nitrogens with one attached hydrogen (secondary N) is 1. The average molecular weight is 287 g/mol. The summed E-state index contributed by atoms with van der Waals surface area (Å²) in [5.41, 5.74) is 0. The minimum atomic E-state index is -4.19. The number of carbonyl (C=O) groups excluding carboxylic acids is 1. The summed E-state index contributed by atoms with van der Waals surface area (Å²) in [6.45, 7) is 0. The van der Waals surface area contributed by atoms with Crippen molar-refractivity contribution >= 4 is 6.09 Å². The SMILES string of the molecule is O=C(N[C@H]1CCC[C@@H](C(F)(F)F)C1)Oc1ccccc1. The predicted molar refractivity (Wildman–Crippen MR) is 67.4 cm³/mol. The van der Waals surface area contributed by atoms with Crippen molar-refractivity contribution in [2.24, 2.45) is 5.92 Å². The molecular formula is C14H16F3NO2. The fourth-order valence-corrected chi connectivity index (χ4v) is 2.41. The molecule has 1 N–H and O–H groups in total. The fraction of sp³-hybridized carbons (Fsp3) is 0.500. The normalized spacial score (nSPS) is 23.1. The number of halogens is 3. The first-order chi connectivity index (χ1) is 9.45. The number of rotatable bonds is 2. The minimum absolute atomic E-state index is 0.0760. The van der Waals surface area contributed by atoms with Gasteiger partial charge in [-0.2, -0.15) is 13.2 Å². The van der Waals surface area contributed by atoms with Gasteiger partial charge in [-0.15, -0.1) is 0 Å². The molecule has 0 saturated heterocycles. The van der Waals surface area contributed by atoms with Crippen molar-refractivity contribution in [1.82, 2.24) is 5.32 Å². The third kappa shape index (κ3) is 4.15. The van der Waals surface area contributed by atoms with Gasteiger partial charge in [0.25, 0.3) is 0 Å². The lowest BCUT2D eigenvalue weighted by Crippen LogP contribution is -2.42. The van der Waals surface area contributed by atoms with E-state index < -0.39 is 24.2 Å². The number of amides is 1. The molecule has 1 aliphatic rings. The standard InChI is InChI=1S/C14H16F3NO2/c15-14(16,17)10-5-4-6-11(9-10)18-13(19)20-12-7-2-1-3-8-12/h1-3,7-8,10-11H,4-6,9H2,(H,18,19)/t10-,11+/m1/s1. The minimum Gasteiger partial charge on any atom is -0.410 e. The maximum Gasteiger partial charge on any atom is 0.412 e. The Morgan fingerprint density at radius 2 is 1.90 bits per heavy atom. The number of alkyl halides is 3. The van der Waals surface area contributed by atoms with Crippen LogP contribution in [-0.4, -0.2) is 18.3 Å². The summed E-state index contributed by atoms with van der Waals surface area (Å²) in [5, 5.41) is 2.51. The molecule has 0 aliphatic heterocycles. The second kappa shape index (κ2) is 6.15. The summed E-state index contributed by atoms with van der Waals surface area (Å²) in [7, 11) is 0. The first kappa shape index (κ1) is 14.7. The van der Waals surface area contributed by atoms with Crippen LogP contribution in [0, 0.1) is 5.92 Å². The number of hydrogen-bond donors (Lipinski definition) is 1. The quantitative estimate of drug-likeness (QED) is 0.896. The summed E-state index contributed by atoms with van der Waals surface area (Å²) >= 11 is 0. The highest BCUT2D eigenvalue weighted by atomic mass is 19.4. The fourth-order valence-electron chi connectivity index (χ4n) is 2.41. The summed E-state index contributed by atoms with van der Waals surface area (Å²) in [5.74, 6) is -0.966. The van der Waals surface area contributed by atoms with Gasteiger partial charge in [-0.25, -0.2) is 4.79 Å². The van der Waals surface area contributed by atoms with Crippen LogP contribution < -0.4 is 10.1 Å². The van der Waals surface area contributed by atoms with E-state index in [1.807, 2.05) is 0 Å². The summed E-state index contributed by atoms with van der Waals surface area (Å²) < 4.78 is 43.0. The molecular weight excluding hydrogens is 271 g/mol. The van der Waals surface area contributed by atoms with Gasteiger partial charge in [0, 0.05) is 6.04 Å². The third-order valence-electron chi connectivity index (χ3n) is 3.41. The van der Waals surface area contributed by atoms with Crippen LogP contribution in [0.4, 0.5) is 18.0 Å². The highest BCUT2D eigenvalue weighted by Crippen LogP contribution is 2.37. The van der Waals surface area contributed by atoms with Crippen molar-refractivity contribution in [3.05, 3.63) is 30.3 Å². The van der Waals surface area contributed by atoms with Gasteiger partial charge in [0.05, 0.1) is 5.92 Å². The molecule has 20 heavy (non-hydrogen) atoms. The molecule has 1 aromatic rings. The lowest BCUT2D eigenvalue weighted by molar-refractivity contribution is -0.183. The first-order valence-electron chi connectivity index (χ1n) is 6.55. The number of para-hydroxylation sites is 1. The van der Waals surface area contributed by atoms with Crippen molar-refractivity contribution in [2.45, 2.75) is 37.9 Å². The maximum atomic E-state index is 12.7. The second-order valence-electron chi connectivity index (χ2n) is 4.95. The van der Waals surface area contributed by atoms with Gasteiger partial charge in [0.2, 0.25) is 0 Å². The molecule has 1 saturated carbocycles. The van der Waals surface area contributed by atoms with E-state index in [0.717, 1.165) is 0 Å². The topological polar surface area (TPSA) is 38.3 Å². The van der Waals surface area contributed by atoms with Crippen LogP contribution in [-0.2, 0) is 0 Å². The van der Waals surface area contributed by atoms with Gasteiger partial charge in [-0.1, -0.05) is 24.6 Å². The van der Waals surface area contributed by atoms with Crippen LogP contribution in [0.3, 0.4) is 0 Å². The molecule has 110 valence electrons. The number of ether oxygens (including phenoxy) is 1. The number of carbonyl (C=O) groups is 1. The maximum absolute atomic E-state index is 12.7. The Bertz CT molecular complexity index is 447. The zero-order valence-corrected chi connectivity index (χ0v) is 10.8. The van der Waals surface area contributed by atoms with Gasteiger partial charge in [-0.3, -0.25) is 0 Å². The van der Waals surface area contributed by atoms with Crippen LogP contribution in [0.15, 0.2) is 30.3 Å². The first-order valence-corrected chi connectivity index (χ1v) is 6.55. The molecule has 1 aromatic carbocycles. The molecule has 0 spiro atoms. The molecule has 0 aromatic heterocycles. The van der Waals surface area contributed by atoms with Gasteiger partial charge in [0.1, 0.15) is 5.75 Å². The molecule has 0 bridgehead atoms. The molecule has 1 fully saturated rings. The second-order valence-corrected chi connectivity index (χ2v) is 4.95. The Morgan fingerprint density at radius 3 is 2.55 bits per heavy atom. The number of hydrogen-bond acceptors (Lipinski definition) is 2. The highest BCUT2D eigenvalue weighted by molar-refractivity contribution is 5.70. The average Bonchev–Trinajstić information content (AvgIpc) is 2.39. The van der Waals surface area contributed by atoms with E-state index in [0.29, 0.717) is 18.6 Å². The Kier molecular flexibility index (Phi) is 4.52. The molecule has 3 nitrogen and oxygen atoms in total. The van der Waals surface area contributed by atoms with E-state index in [4.69, 9.17) is 4.74 Å². The Hall–Kier alpha value is -1.72. The van der Waals surface area contributed by atoms with Crippen LogP contribution in [0.5, 0.6) is 5.75 Å². The monoisotopic (exact) mass is 287 g/mol. The molecule has 1 aliphatic carbocycles. The molecule has 0 radical (unpaired) electrons. The molecule has 2 atom stereocenters. The zero-order valence-electron chi connectivity index (χ0n) is 10.8. The lowest BCUT2D eigenvalue weighted by atomic mass is 9.85. The van der Waals surface area contributed by atoms with Gasteiger partial charge < -0.3 is 10.1 Å². The molecule has 1 amide bonds. The van der Waals surface area contributed by atoms with Gasteiger partial charge >= 0.3 is 12.3 Å². The Morgan fingerprint density at radius 1 is 1.20 bits per heavy atom. The smallest absolute Gasteiger partial charge is 0.410 e. The van der Waals surface area contributed by atoms with Crippen molar-refractivity contribution in [1.29, 1.82) is 0 Å². The predicted octanol–water partition coefficient (Wildman–Crippen LogP) is 3.90. The molecule has 0 unspecified atom stereocenters. The van der Waals surface area contributed by atoms with Gasteiger partial charge in [0.15, 0.2) is 0 Å². The van der Waals surface area contributed by atoms with Crippen molar-refractivity contribution in [2.75, 3.05) is 0 Å². The molecule has 0 heterocycles. The number of benzene rings is 1. The Balaban J connectivity index is 1.85. The van der Waals surface area contributed by atoms with Crippen molar-refractivity contribution in [3.63, 3.8) is 0 Å². The van der Waals surface area contributed by atoms with E-state index >= 15 is 0 Å². The van der Waals surface area contributed by atoms with E-state index in [1.54, 1.807) is 30.3 Å². The van der Waals surface area contributed by atoms with Gasteiger partial charge in [-0.05, 0) is 31.4 Å². The van der Waals surface area contributed by atoms with E-state index in [2.05, 4.69) is 5.32 Å². The molecule has 2 rings (SSSR count). The third-order valence-corrected chi connectivity index (χ3v) is 3.41. The van der Waals surface area contributed by atoms with Crippen LogP contribution in [0.2, 0.25) is 0 Å². The molecule has 6 heteroatoms. The van der Waals surface area contributed by atoms with E-state index in [9.17, 15) is 18.0 Å². The van der Waals surface area contributed by atoms with E-state index in [-0.39, 0.29) is 12.8 Å². The van der Waals surface area contributed by atoms with E-state index in [1.165, 1.54) is 0 Å². The summed E-state index contributed by atoms with van der Waals surface area (Å²) in [6.07, 6.45) is -3.83. The summed E-state index contributed by atoms with van der Waals surface area (Å²) in [6, 6.07) is 7.94. The van der Waals surface area contributed by atoms with Crippen LogP contribution >= 0.6 is 0 Å². The van der Waals surface area contributed by atoms with Crippen LogP contribution in [0.25, 0.3) is 0 Å².